The molecule has 0 radical (unpaired) electrons. The molecule has 2 heteroatoms. The van der Waals surface area contributed by atoms with Crippen LogP contribution in [0.25, 0.3) is 0 Å². The Morgan fingerprint density at radius 1 is 1.42 bits per heavy atom. The Kier molecular flexibility index (Phi) is 1.46. The second-order valence-corrected chi connectivity index (χ2v) is 4.53. The fourth-order valence-electron chi connectivity index (χ4n) is 2.15. The van der Waals surface area contributed by atoms with Crippen LogP contribution >= 0.6 is 11.8 Å². The Balaban J connectivity index is 2.23. The molecule has 62 valence electrons. The molecule has 12 heavy (non-hydrogen) atoms. The van der Waals surface area contributed by atoms with Gasteiger partial charge in [-0.05, 0) is 17.2 Å². The summed E-state index contributed by atoms with van der Waals surface area (Å²) in [6.07, 6.45) is 0. The molecule has 0 saturated heterocycles. The third-order valence-corrected chi connectivity index (χ3v) is 3.95. The molecule has 0 saturated carbocycles. The van der Waals surface area contributed by atoms with E-state index in [4.69, 9.17) is 0 Å². The minimum Gasteiger partial charge on any atom is -0.312 e. The summed E-state index contributed by atoms with van der Waals surface area (Å²) in [5.74, 6) is 2.06. The molecule has 1 aromatic rings. The summed E-state index contributed by atoms with van der Waals surface area (Å²) in [5, 5.41) is 3.46. The van der Waals surface area contributed by atoms with Crippen molar-refractivity contribution in [1.29, 1.82) is 0 Å². The lowest BCUT2D eigenvalue weighted by molar-refractivity contribution is 0.576. The smallest absolute Gasteiger partial charge is 0.0209 e. The van der Waals surface area contributed by atoms with Crippen LogP contribution in [0.2, 0.25) is 0 Å². The Labute approximate surface area is 76.6 Å². The number of thioether (sulfide) groups is 1. The predicted octanol–water partition coefficient (Wildman–Crippen LogP) is 1.98. The van der Waals surface area contributed by atoms with E-state index in [2.05, 4.69) is 23.5 Å². The van der Waals surface area contributed by atoms with Crippen LogP contribution in [0, 0.1) is 0 Å². The average molecular weight is 177 g/mol. The lowest BCUT2D eigenvalue weighted by Crippen LogP contribution is -2.27. The number of nitrogens with one attached hydrogen (secondary N) is 1. The van der Waals surface area contributed by atoms with Gasteiger partial charge in [-0.2, -0.15) is 0 Å². The molecule has 0 amide bonds. The Bertz CT molecular complexity index is 322. The van der Waals surface area contributed by atoms with E-state index in [1.165, 1.54) is 22.8 Å². The van der Waals surface area contributed by atoms with E-state index < -0.39 is 0 Å². The van der Waals surface area contributed by atoms with Crippen molar-refractivity contribution in [2.45, 2.75) is 17.4 Å². The van der Waals surface area contributed by atoms with Gasteiger partial charge < -0.3 is 5.32 Å². The van der Waals surface area contributed by atoms with Crippen molar-refractivity contribution in [2.24, 2.45) is 0 Å². The first-order chi connectivity index (χ1) is 5.95. The van der Waals surface area contributed by atoms with Crippen LogP contribution in [0.4, 0.5) is 0 Å². The third kappa shape index (κ3) is 0.852. The van der Waals surface area contributed by atoms with Crippen LogP contribution in [0.15, 0.2) is 23.1 Å². The standard InChI is InChI=1S/C10H11NS/c1-2-7-4-11-5-8-6-12-9(3-1)10(7)8/h1-3,8,11H,4-6H2. The molecule has 1 unspecified atom stereocenters. The van der Waals surface area contributed by atoms with E-state index in [1.807, 2.05) is 11.8 Å². The van der Waals surface area contributed by atoms with Crippen LogP contribution in [0.3, 0.4) is 0 Å². The van der Waals surface area contributed by atoms with E-state index in [1.54, 1.807) is 5.56 Å². The van der Waals surface area contributed by atoms with Crippen LogP contribution in [0.5, 0.6) is 0 Å². The van der Waals surface area contributed by atoms with Crippen LogP contribution in [0.1, 0.15) is 17.0 Å². The summed E-state index contributed by atoms with van der Waals surface area (Å²) in [7, 11) is 0. The summed E-state index contributed by atoms with van der Waals surface area (Å²) in [6, 6.07) is 6.69. The molecule has 2 aliphatic rings. The van der Waals surface area contributed by atoms with Gasteiger partial charge >= 0.3 is 0 Å². The van der Waals surface area contributed by atoms with Gasteiger partial charge in [0.1, 0.15) is 0 Å². The van der Waals surface area contributed by atoms with E-state index in [0.717, 1.165) is 12.5 Å². The molecule has 3 rings (SSSR count). The maximum absolute atomic E-state index is 3.46. The molecule has 1 atom stereocenters. The number of hydrogen-bond acceptors (Lipinski definition) is 2. The minimum absolute atomic E-state index is 0.787. The van der Waals surface area contributed by atoms with Crippen molar-refractivity contribution < 1.29 is 0 Å². The van der Waals surface area contributed by atoms with Crippen LogP contribution < -0.4 is 5.32 Å². The molecule has 1 N–H and O–H groups in total. The Morgan fingerprint density at radius 2 is 2.42 bits per heavy atom. The molecule has 1 aromatic carbocycles. The van der Waals surface area contributed by atoms with E-state index >= 15 is 0 Å². The molecule has 0 aromatic heterocycles. The zero-order valence-corrected chi connectivity index (χ0v) is 7.66. The topological polar surface area (TPSA) is 12.0 Å². The van der Waals surface area contributed by atoms with Gasteiger partial charge in [0.2, 0.25) is 0 Å². The summed E-state index contributed by atoms with van der Waals surface area (Å²) < 4.78 is 0. The second kappa shape index (κ2) is 2.51. The normalized spacial score (nSPS) is 25.5. The van der Waals surface area contributed by atoms with Crippen molar-refractivity contribution in [3.63, 3.8) is 0 Å². The molecule has 0 aliphatic carbocycles. The average Bonchev–Trinajstić information content (AvgIpc) is 2.52. The molecule has 2 aliphatic heterocycles. The highest BCUT2D eigenvalue weighted by Gasteiger charge is 2.27. The molecular formula is C10H11NS. The minimum atomic E-state index is 0.787. The van der Waals surface area contributed by atoms with Crippen molar-refractivity contribution in [2.75, 3.05) is 12.3 Å². The van der Waals surface area contributed by atoms with Gasteiger partial charge in [-0.15, -0.1) is 11.8 Å². The molecule has 0 bridgehead atoms. The maximum atomic E-state index is 3.46. The number of rotatable bonds is 0. The highest BCUT2D eigenvalue weighted by molar-refractivity contribution is 7.99. The monoisotopic (exact) mass is 177 g/mol. The highest BCUT2D eigenvalue weighted by atomic mass is 32.2. The lowest BCUT2D eigenvalue weighted by Gasteiger charge is -2.21. The summed E-state index contributed by atoms with van der Waals surface area (Å²) in [6.45, 7) is 2.25. The fraction of sp³-hybridized carbons (Fsp3) is 0.400. The Hall–Kier alpha value is -0.470. The number of benzene rings is 1. The largest absolute Gasteiger partial charge is 0.312 e. The van der Waals surface area contributed by atoms with E-state index in [9.17, 15) is 0 Å². The first-order valence-electron chi connectivity index (χ1n) is 4.40. The second-order valence-electron chi connectivity index (χ2n) is 3.47. The van der Waals surface area contributed by atoms with E-state index in [0.29, 0.717) is 0 Å². The molecule has 0 spiro atoms. The first kappa shape index (κ1) is 6.98. The molecule has 2 heterocycles. The van der Waals surface area contributed by atoms with Crippen LogP contribution in [-0.4, -0.2) is 12.3 Å². The summed E-state index contributed by atoms with van der Waals surface area (Å²) in [4.78, 5) is 1.53. The highest BCUT2D eigenvalue weighted by Crippen LogP contribution is 2.42. The fourth-order valence-corrected chi connectivity index (χ4v) is 3.44. The third-order valence-electron chi connectivity index (χ3n) is 2.71. The SMILES string of the molecule is c1cc2c3c(c1)SCC3CNC2. The Morgan fingerprint density at radius 3 is 3.42 bits per heavy atom. The first-order valence-corrected chi connectivity index (χ1v) is 5.39. The van der Waals surface area contributed by atoms with Gasteiger partial charge in [-0.25, -0.2) is 0 Å². The van der Waals surface area contributed by atoms with E-state index in [-0.39, 0.29) is 0 Å². The quantitative estimate of drug-likeness (QED) is 0.650. The van der Waals surface area contributed by atoms with Gasteiger partial charge in [0.15, 0.2) is 0 Å². The summed E-state index contributed by atoms with van der Waals surface area (Å²) >= 11 is 2.01. The molecule has 1 nitrogen and oxygen atoms in total. The lowest BCUT2D eigenvalue weighted by atomic mass is 9.93. The van der Waals surface area contributed by atoms with Crippen molar-refractivity contribution in [3.8, 4) is 0 Å². The van der Waals surface area contributed by atoms with Crippen molar-refractivity contribution >= 4 is 11.8 Å². The van der Waals surface area contributed by atoms with Gasteiger partial charge in [0.05, 0.1) is 0 Å². The van der Waals surface area contributed by atoms with Gasteiger partial charge in [0.25, 0.3) is 0 Å². The van der Waals surface area contributed by atoms with Crippen molar-refractivity contribution in [3.05, 3.63) is 29.3 Å². The van der Waals surface area contributed by atoms with Gasteiger partial charge in [-0.1, -0.05) is 12.1 Å². The molecular weight excluding hydrogens is 166 g/mol. The van der Waals surface area contributed by atoms with Crippen LogP contribution in [-0.2, 0) is 6.54 Å². The zero-order chi connectivity index (χ0) is 7.97. The maximum Gasteiger partial charge on any atom is 0.0209 e. The van der Waals surface area contributed by atoms with Gasteiger partial charge in [0, 0.05) is 29.7 Å². The van der Waals surface area contributed by atoms with Gasteiger partial charge in [-0.3, -0.25) is 0 Å². The number of hydrogen-bond donors (Lipinski definition) is 1. The zero-order valence-electron chi connectivity index (χ0n) is 6.84. The van der Waals surface area contributed by atoms with Crippen molar-refractivity contribution in [1.82, 2.24) is 5.32 Å². The molecule has 0 fully saturated rings. The predicted molar refractivity (Wildman–Crippen MR) is 51.6 cm³/mol. The summed E-state index contributed by atoms with van der Waals surface area (Å²) in [5.41, 5.74) is 3.16.